The van der Waals surface area contributed by atoms with Gasteiger partial charge in [0.05, 0.1) is 6.10 Å². The van der Waals surface area contributed by atoms with Gasteiger partial charge in [-0.1, -0.05) is 6.92 Å². The van der Waals surface area contributed by atoms with Crippen molar-refractivity contribution >= 4 is 0 Å². The molecule has 0 saturated carbocycles. The van der Waals surface area contributed by atoms with E-state index in [1.54, 1.807) is 0 Å². The third kappa shape index (κ3) is 3.78. The van der Waals surface area contributed by atoms with E-state index >= 15 is 0 Å². The van der Waals surface area contributed by atoms with E-state index in [1.165, 1.54) is 0 Å². The molecule has 1 aromatic rings. The Kier molecular flexibility index (Phi) is 5.30. The molecule has 1 saturated heterocycles. The first kappa shape index (κ1) is 16.3. The Labute approximate surface area is 124 Å². The van der Waals surface area contributed by atoms with Gasteiger partial charge < -0.3 is 15.1 Å². The Balaban J connectivity index is 1.95. The highest BCUT2D eigenvalue weighted by molar-refractivity contribution is 5.21. The molecule has 1 unspecified atom stereocenters. The first-order valence-corrected chi connectivity index (χ1v) is 7.46. The van der Waals surface area contributed by atoms with Crippen LogP contribution in [0.15, 0.2) is 18.2 Å². The summed E-state index contributed by atoms with van der Waals surface area (Å²) in [6, 6.07) is 3.13. The van der Waals surface area contributed by atoms with E-state index in [2.05, 4.69) is 6.92 Å². The van der Waals surface area contributed by atoms with Crippen LogP contribution in [0.1, 0.15) is 37.9 Å². The van der Waals surface area contributed by atoms with E-state index in [0.29, 0.717) is 0 Å². The van der Waals surface area contributed by atoms with Crippen LogP contribution in [0.2, 0.25) is 0 Å². The fourth-order valence-electron chi connectivity index (χ4n) is 2.95. The van der Waals surface area contributed by atoms with Gasteiger partial charge in [0, 0.05) is 18.7 Å². The van der Waals surface area contributed by atoms with Crippen LogP contribution < -0.4 is 0 Å². The van der Waals surface area contributed by atoms with Crippen molar-refractivity contribution in [3.63, 3.8) is 0 Å². The Morgan fingerprint density at radius 1 is 1.29 bits per heavy atom. The van der Waals surface area contributed by atoms with E-state index in [4.69, 9.17) is 0 Å². The van der Waals surface area contributed by atoms with Crippen LogP contribution in [0.4, 0.5) is 8.78 Å². The van der Waals surface area contributed by atoms with Crippen molar-refractivity contribution in [3.8, 4) is 0 Å². The summed E-state index contributed by atoms with van der Waals surface area (Å²) >= 11 is 0. The normalized spacial score (nSPS) is 20.4. The monoisotopic (exact) mass is 299 g/mol. The second-order valence-electron chi connectivity index (χ2n) is 5.99. The van der Waals surface area contributed by atoms with Crippen LogP contribution >= 0.6 is 0 Å². The molecule has 0 bridgehead atoms. The summed E-state index contributed by atoms with van der Waals surface area (Å²) in [6.45, 7) is 4.04. The Hall–Kier alpha value is -1.04. The third-order valence-corrected chi connectivity index (χ3v) is 4.75. The first-order valence-electron chi connectivity index (χ1n) is 7.46. The molecule has 1 aliphatic heterocycles. The van der Waals surface area contributed by atoms with Crippen LogP contribution in [0, 0.1) is 17.0 Å². The van der Waals surface area contributed by atoms with Crippen LogP contribution in [0.3, 0.4) is 0 Å². The molecule has 118 valence electrons. The number of hydrogen-bond donors (Lipinski definition) is 2. The van der Waals surface area contributed by atoms with E-state index in [0.717, 1.165) is 50.6 Å². The van der Waals surface area contributed by atoms with E-state index in [1.807, 2.05) is 4.90 Å². The Morgan fingerprint density at radius 2 is 1.95 bits per heavy atom. The Bertz CT molecular complexity index is 467. The van der Waals surface area contributed by atoms with Crippen LogP contribution in [-0.2, 0) is 0 Å². The molecule has 1 atom stereocenters. The van der Waals surface area contributed by atoms with Crippen LogP contribution in [0.5, 0.6) is 0 Å². The minimum absolute atomic E-state index is 0.00415. The minimum atomic E-state index is -1.04. The fourth-order valence-corrected chi connectivity index (χ4v) is 2.95. The van der Waals surface area contributed by atoms with Gasteiger partial charge in [0.2, 0.25) is 0 Å². The number of β-amino-alcohol motifs (C(OH)–C–C–N with tert-alkyl or cyclic N) is 1. The van der Waals surface area contributed by atoms with E-state index in [9.17, 15) is 19.0 Å². The maximum absolute atomic E-state index is 13.6. The lowest BCUT2D eigenvalue weighted by atomic mass is 9.77. The van der Waals surface area contributed by atoms with Crippen molar-refractivity contribution in [1.29, 1.82) is 0 Å². The molecule has 1 aliphatic rings. The number of rotatable bonds is 5. The highest BCUT2D eigenvalue weighted by Gasteiger charge is 2.33. The molecular formula is C16H23F2NO2. The zero-order valence-corrected chi connectivity index (χ0v) is 12.4. The topological polar surface area (TPSA) is 43.7 Å². The molecule has 1 heterocycles. The van der Waals surface area contributed by atoms with Crippen LogP contribution in [0.25, 0.3) is 0 Å². The van der Waals surface area contributed by atoms with Gasteiger partial charge in [-0.3, -0.25) is 0 Å². The van der Waals surface area contributed by atoms with Crippen LogP contribution in [-0.4, -0.2) is 41.4 Å². The van der Waals surface area contributed by atoms with Gasteiger partial charge in [0.15, 0.2) is 0 Å². The molecule has 0 aliphatic carbocycles. The summed E-state index contributed by atoms with van der Waals surface area (Å²) in [5.74, 6) is -1.13. The molecule has 2 N–H and O–H groups in total. The maximum atomic E-state index is 13.6. The second-order valence-corrected chi connectivity index (χ2v) is 5.99. The molecule has 0 spiro atoms. The van der Waals surface area contributed by atoms with Gasteiger partial charge in [-0.05, 0) is 56.0 Å². The predicted octanol–water partition coefficient (Wildman–Crippen LogP) is 2.48. The number of aliphatic hydroxyl groups excluding tert-OH is 2. The average molecular weight is 299 g/mol. The number of halogens is 2. The zero-order chi connectivity index (χ0) is 15.5. The lowest BCUT2D eigenvalue weighted by molar-refractivity contribution is 0.0209. The SMILES string of the molecule is CCC1(CO)CCN(CC(O)c2cc(F)ccc2F)CC1. The molecule has 0 aromatic heterocycles. The fraction of sp³-hybridized carbons (Fsp3) is 0.625. The summed E-state index contributed by atoms with van der Waals surface area (Å²) < 4.78 is 26.8. The number of nitrogens with zero attached hydrogens (tertiary/aromatic N) is 1. The summed E-state index contributed by atoms with van der Waals surface area (Å²) in [5.41, 5.74) is -0.0181. The van der Waals surface area contributed by atoms with Crippen molar-refractivity contribution in [2.24, 2.45) is 5.41 Å². The van der Waals surface area contributed by atoms with Crippen molar-refractivity contribution in [2.45, 2.75) is 32.3 Å². The molecule has 5 heteroatoms. The highest BCUT2D eigenvalue weighted by atomic mass is 19.1. The largest absolute Gasteiger partial charge is 0.396 e. The number of hydrogen-bond acceptors (Lipinski definition) is 3. The number of aliphatic hydroxyl groups is 2. The molecule has 0 radical (unpaired) electrons. The number of piperidine rings is 1. The van der Waals surface area contributed by atoms with Crippen molar-refractivity contribution in [1.82, 2.24) is 4.90 Å². The number of benzene rings is 1. The lowest BCUT2D eigenvalue weighted by Gasteiger charge is -2.40. The quantitative estimate of drug-likeness (QED) is 0.878. The van der Waals surface area contributed by atoms with Crippen molar-refractivity contribution in [3.05, 3.63) is 35.4 Å². The Morgan fingerprint density at radius 3 is 2.52 bits per heavy atom. The molecule has 21 heavy (non-hydrogen) atoms. The van der Waals surface area contributed by atoms with E-state index < -0.39 is 17.7 Å². The second kappa shape index (κ2) is 6.81. The molecule has 3 nitrogen and oxygen atoms in total. The minimum Gasteiger partial charge on any atom is -0.396 e. The smallest absolute Gasteiger partial charge is 0.129 e. The summed E-state index contributed by atoms with van der Waals surface area (Å²) in [4.78, 5) is 2.04. The average Bonchev–Trinajstić information content (AvgIpc) is 2.50. The molecular weight excluding hydrogens is 276 g/mol. The molecule has 2 rings (SSSR count). The lowest BCUT2D eigenvalue weighted by Crippen LogP contribution is -2.43. The molecule has 1 fully saturated rings. The maximum Gasteiger partial charge on any atom is 0.129 e. The number of likely N-dealkylation sites (tertiary alicyclic amines) is 1. The van der Waals surface area contributed by atoms with E-state index in [-0.39, 0.29) is 24.1 Å². The predicted molar refractivity (Wildman–Crippen MR) is 76.8 cm³/mol. The van der Waals surface area contributed by atoms with Gasteiger partial charge in [0.25, 0.3) is 0 Å². The summed E-state index contributed by atoms with van der Waals surface area (Å²) in [7, 11) is 0. The van der Waals surface area contributed by atoms with Gasteiger partial charge in [-0.25, -0.2) is 8.78 Å². The highest BCUT2D eigenvalue weighted by Crippen LogP contribution is 2.34. The first-order chi connectivity index (χ1) is 9.99. The molecule has 0 amide bonds. The van der Waals surface area contributed by atoms with Gasteiger partial charge in [0.1, 0.15) is 11.6 Å². The van der Waals surface area contributed by atoms with Crippen molar-refractivity contribution in [2.75, 3.05) is 26.2 Å². The summed E-state index contributed by atoms with van der Waals surface area (Å²) in [6.07, 6.45) is 1.61. The van der Waals surface area contributed by atoms with Crippen molar-refractivity contribution < 1.29 is 19.0 Å². The summed E-state index contributed by atoms with van der Waals surface area (Å²) in [5, 5.41) is 19.6. The third-order valence-electron chi connectivity index (χ3n) is 4.75. The van der Waals surface area contributed by atoms with Gasteiger partial charge >= 0.3 is 0 Å². The van der Waals surface area contributed by atoms with Gasteiger partial charge in [-0.15, -0.1) is 0 Å². The zero-order valence-electron chi connectivity index (χ0n) is 12.4. The standard InChI is InChI=1S/C16H23F2NO2/c1-2-16(11-20)5-7-19(8-6-16)10-15(21)13-9-12(17)3-4-14(13)18/h3-4,9,15,20-21H,2,5-8,10-11H2,1H3. The molecule has 1 aromatic carbocycles. The van der Waals surface area contributed by atoms with Gasteiger partial charge in [-0.2, -0.15) is 0 Å².